The van der Waals surface area contributed by atoms with Gasteiger partial charge in [0.1, 0.15) is 0 Å². The summed E-state index contributed by atoms with van der Waals surface area (Å²) in [5, 5.41) is 26.9. The van der Waals surface area contributed by atoms with E-state index in [0.717, 1.165) is 44.5 Å². The number of hydrogen-bond donors (Lipinski definition) is 8. The van der Waals surface area contributed by atoms with Crippen molar-refractivity contribution in [1.29, 1.82) is 0 Å². The van der Waals surface area contributed by atoms with Crippen molar-refractivity contribution >= 4 is 96.0 Å². The third-order valence-corrected chi connectivity index (χ3v) is 20.6. The van der Waals surface area contributed by atoms with Crippen molar-refractivity contribution in [1.82, 2.24) is 61.5 Å². The van der Waals surface area contributed by atoms with Gasteiger partial charge in [0.15, 0.2) is 0 Å². The van der Waals surface area contributed by atoms with Crippen LogP contribution in [0.15, 0.2) is 131 Å². The topological polar surface area (TPSA) is 307 Å². The molecule has 0 saturated carbocycles. The van der Waals surface area contributed by atoms with E-state index < -0.39 is 32.1 Å². The number of nitrogens with one attached hydrogen (secondary N) is 8. The number of urea groups is 2. The fourth-order valence-electron chi connectivity index (χ4n) is 11.3. The monoisotopic (exact) mass is 1550 g/mol. The number of carbonyl (C=O) groups is 3. The van der Waals surface area contributed by atoms with Crippen molar-refractivity contribution in [3.63, 3.8) is 0 Å². The molecule has 26 nitrogen and oxygen atoms in total. The smallest absolute Gasteiger partial charge is 0.317 e. The van der Waals surface area contributed by atoms with E-state index in [1.54, 1.807) is 60.7 Å². The molecule has 556 valence electrons. The van der Waals surface area contributed by atoms with E-state index in [1.807, 2.05) is 74.8 Å². The van der Waals surface area contributed by atoms with E-state index in [9.17, 15) is 36.4 Å². The summed E-state index contributed by atoms with van der Waals surface area (Å²) in [6, 6.07) is 34.6. The van der Waals surface area contributed by atoms with Gasteiger partial charge in [-0.25, -0.2) is 35.9 Å². The Bertz CT molecular complexity index is 3900. The molecule has 8 N–H and O–H groups in total. The zero-order valence-electron chi connectivity index (χ0n) is 56.8. The third-order valence-electron chi connectivity index (χ3n) is 16.3. The average Bonchev–Trinajstić information content (AvgIpc) is 0.779. The zero-order valence-corrected chi connectivity index (χ0v) is 62.2. The minimum Gasteiger partial charge on any atom is -0.758 e. The molecule has 8 rings (SSSR count). The van der Waals surface area contributed by atoms with Crippen LogP contribution in [0.3, 0.4) is 0 Å². The van der Waals surface area contributed by atoms with Gasteiger partial charge in [0, 0.05) is 134 Å². The summed E-state index contributed by atoms with van der Waals surface area (Å²) in [5.74, 6) is -0.493. The number of carbonyl (C=O) groups excluding carboxylic acids is 3. The molecule has 0 radical (unpaired) electrons. The van der Waals surface area contributed by atoms with Gasteiger partial charge in [0.25, 0.3) is 5.91 Å². The molecule has 2 heterocycles. The second kappa shape index (κ2) is 42.3. The molecule has 6 aromatic carbocycles. The molecule has 0 bridgehead atoms. The first kappa shape index (κ1) is 81.8. The highest BCUT2D eigenvalue weighted by molar-refractivity contribution is 7.89. The first-order chi connectivity index (χ1) is 49.1. The summed E-state index contributed by atoms with van der Waals surface area (Å²) in [6.07, 6.45) is 0. The van der Waals surface area contributed by atoms with Crippen molar-refractivity contribution in [2.45, 2.75) is 34.7 Å². The number of nitrogens with zero attached hydrogens (tertiary/aromatic N) is 4. The van der Waals surface area contributed by atoms with Gasteiger partial charge < -0.3 is 69.6 Å². The van der Waals surface area contributed by atoms with Crippen molar-refractivity contribution in [2.24, 2.45) is 0 Å². The van der Waals surface area contributed by atoms with Gasteiger partial charge in [-0.1, -0.05) is 107 Å². The van der Waals surface area contributed by atoms with Gasteiger partial charge in [0.2, 0.25) is 20.0 Å². The van der Waals surface area contributed by atoms with Crippen molar-refractivity contribution < 1.29 is 59.6 Å². The van der Waals surface area contributed by atoms with E-state index in [0.29, 0.717) is 62.1 Å². The Hall–Kier alpha value is -5.88. The van der Waals surface area contributed by atoms with Gasteiger partial charge in [0.05, 0.1) is 89.1 Å². The largest absolute Gasteiger partial charge is 0.758 e. The van der Waals surface area contributed by atoms with Crippen LogP contribution in [0.2, 0.25) is 25.1 Å². The fraction of sp³-hybridized carbons (Fsp3) is 0.435. The predicted octanol–water partition coefficient (Wildman–Crippen LogP) is 7.68. The molecule has 102 heavy (non-hydrogen) atoms. The molecule has 0 spiro atoms. The Morgan fingerprint density at radius 3 is 1.37 bits per heavy atom. The first-order valence-corrected chi connectivity index (χ1v) is 38.1. The van der Waals surface area contributed by atoms with E-state index in [1.165, 1.54) is 4.90 Å². The van der Waals surface area contributed by atoms with Gasteiger partial charge in [-0.15, -0.1) is 0 Å². The zero-order chi connectivity index (χ0) is 72.9. The minimum atomic E-state index is -3.86. The number of sulfonamides is 2. The van der Waals surface area contributed by atoms with Crippen LogP contribution in [0.1, 0.15) is 55.6 Å². The summed E-state index contributed by atoms with van der Waals surface area (Å²) >= 11 is 31.9. The molecular formula is C69H88Cl5N12O14S2-. The second-order valence-electron chi connectivity index (χ2n) is 23.9. The Morgan fingerprint density at radius 2 is 0.882 bits per heavy atom. The molecular weight excluding hydrogens is 1460 g/mol. The van der Waals surface area contributed by atoms with Crippen molar-refractivity contribution in [3.8, 4) is 11.1 Å². The third kappa shape index (κ3) is 26.6. The normalized spacial score (nSPS) is 14.9. The lowest BCUT2D eigenvalue weighted by atomic mass is 9.85. The highest BCUT2D eigenvalue weighted by Gasteiger charge is 2.30. The number of halogens is 5. The van der Waals surface area contributed by atoms with E-state index in [2.05, 4.69) is 51.4 Å². The summed E-state index contributed by atoms with van der Waals surface area (Å²) in [6.45, 7) is 5.68. The van der Waals surface area contributed by atoms with Crippen LogP contribution in [0, 0.1) is 5.21 Å². The molecule has 0 saturated heterocycles. The van der Waals surface area contributed by atoms with Crippen LogP contribution in [0.5, 0.6) is 0 Å². The number of amides is 5. The lowest BCUT2D eigenvalue weighted by Crippen LogP contribution is -2.51. The van der Waals surface area contributed by atoms with Gasteiger partial charge in [-0.2, -0.15) is 0 Å². The lowest BCUT2D eigenvalue weighted by molar-refractivity contribution is 0.0437. The number of rotatable bonds is 43. The van der Waals surface area contributed by atoms with Gasteiger partial charge in [-0.3, -0.25) is 20.9 Å². The molecule has 0 unspecified atom stereocenters. The highest BCUT2D eigenvalue weighted by Crippen LogP contribution is 2.41. The molecule has 0 aliphatic carbocycles. The Morgan fingerprint density at radius 1 is 0.471 bits per heavy atom. The van der Waals surface area contributed by atoms with Gasteiger partial charge >= 0.3 is 12.1 Å². The van der Waals surface area contributed by atoms with Crippen LogP contribution in [0.4, 0.5) is 9.59 Å². The number of hydrazine groups is 2. The maximum Gasteiger partial charge on any atom is 0.317 e. The summed E-state index contributed by atoms with van der Waals surface area (Å²) in [4.78, 5) is 44.7. The first-order valence-electron chi connectivity index (χ1n) is 33.3. The lowest BCUT2D eigenvalue weighted by Gasteiger charge is -2.33. The summed E-state index contributed by atoms with van der Waals surface area (Å²) in [7, 11) is -3.75. The molecule has 5 amide bonds. The molecule has 2 aliphatic heterocycles. The molecule has 2 atom stereocenters. The SMILES string of the molecule is CN1Cc2c(Cl)cc(Cl)cc2[C@H](c2cccc(S(=O)(=O)NCCOCCOCCNC(=O)NCCN(CCNN([O-])NCCOCCOCCNS(=O)(=O)c3cccc([C@@H]4CN(C)Cc5c(Cl)cc(Cl)cc54)c3)C(=O)NCCOCCOCCNC(=O)c3ccc(-c4ccc(Cl)cc4)cc3)c2)C1. The second-order valence-corrected chi connectivity index (χ2v) is 29.5. The maximum atomic E-state index is 13.4. The standard InChI is InChI=1S/C69H88Cl5N12O14S2/c1-83-45-61(59-41-55(71)43-65(73)63(59)47-83)52-5-3-7-57(39-52)101(91,92)81-23-31-99-37-35-96-28-20-77-68(88)76-17-25-85(69(89)78-21-29-97-34-33-95-27-19-75-67(87)51-11-9-49(10-12-51)50-13-15-54(70)16-14-50)26-18-79-86(90)80-22-30-98-36-38-100-32-24-82-102(93,94)58-8-4-6-53(40-58)62-46-84(2)48-64-60(62)42-56(72)44-66(64)74/h3-16,39-44,61-62,79-82H,17-38,45-48H2,1-2H3,(H,75,87)(H,78,89)(H2,76,77,88)/q-1/t61-,62-/m0/s1. The summed E-state index contributed by atoms with van der Waals surface area (Å²) < 4.78 is 92.0. The molecule has 0 aromatic heterocycles. The average molecular weight is 1550 g/mol. The van der Waals surface area contributed by atoms with Gasteiger partial charge in [-0.05, 0) is 131 Å². The minimum absolute atomic E-state index is 0.0232. The van der Waals surface area contributed by atoms with Crippen LogP contribution < -0.4 is 41.6 Å². The van der Waals surface area contributed by atoms with Crippen LogP contribution in [0.25, 0.3) is 11.1 Å². The molecule has 0 fully saturated rings. The quantitative estimate of drug-likeness (QED) is 0.0134. The fourth-order valence-corrected chi connectivity index (χ4v) is 14.7. The van der Waals surface area contributed by atoms with E-state index >= 15 is 0 Å². The Balaban J connectivity index is 0.678. The Kier molecular flexibility index (Phi) is 33.9. The van der Waals surface area contributed by atoms with Crippen LogP contribution in [-0.2, 0) is 61.6 Å². The van der Waals surface area contributed by atoms with E-state index in [4.69, 9.17) is 86.4 Å². The molecule has 33 heteroatoms. The number of fused-ring (bicyclic) bond motifs is 2. The number of ether oxygens (including phenoxy) is 6. The van der Waals surface area contributed by atoms with Crippen LogP contribution >= 0.6 is 58.0 Å². The van der Waals surface area contributed by atoms with E-state index in [-0.39, 0.29) is 172 Å². The highest BCUT2D eigenvalue weighted by atomic mass is 35.5. The van der Waals surface area contributed by atoms with Crippen LogP contribution in [-0.4, -0.2) is 227 Å². The number of hydrogen-bond acceptors (Lipinski definition) is 19. The van der Waals surface area contributed by atoms with Crippen molar-refractivity contribution in [3.05, 3.63) is 191 Å². The molecule has 6 aromatic rings. The number of likely N-dealkylation sites (N-methyl/N-ethyl adjacent to an activating group) is 2. The maximum absolute atomic E-state index is 13.4. The molecule has 2 aliphatic rings. The predicted molar refractivity (Wildman–Crippen MR) is 394 cm³/mol. The Labute approximate surface area is 621 Å². The van der Waals surface area contributed by atoms with Crippen molar-refractivity contribution in [2.75, 3.05) is 172 Å². The summed E-state index contributed by atoms with van der Waals surface area (Å²) in [5.41, 5.74) is 13.2. The number of benzene rings is 6.